The number of hydrogen-bond acceptors (Lipinski definition) is 1. The standard InChI is InChI=1S/C16H22N2/c1-15(2)14(16(15,3)4)18-10-11-5-6-13-12(9-11)7-8-17-13/h5-9,14,17-18H,10H2,1-4H3. The molecular formula is C16H22N2. The van der Waals surface area contributed by atoms with Crippen molar-refractivity contribution in [2.45, 2.75) is 40.3 Å². The minimum atomic E-state index is 0.408. The number of nitrogens with one attached hydrogen (secondary N) is 2. The van der Waals surface area contributed by atoms with Gasteiger partial charge >= 0.3 is 0 Å². The second-order valence-corrected chi connectivity index (χ2v) is 6.66. The maximum Gasteiger partial charge on any atom is 0.0454 e. The van der Waals surface area contributed by atoms with Crippen molar-refractivity contribution in [3.63, 3.8) is 0 Å². The van der Waals surface area contributed by atoms with Crippen molar-refractivity contribution in [3.05, 3.63) is 36.0 Å². The molecule has 0 saturated heterocycles. The first-order chi connectivity index (χ1) is 8.43. The van der Waals surface area contributed by atoms with Crippen LogP contribution in [0.2, 0.25) is 0 Å². The molecule has 0 radical (unpaired) electrons. The molecule has 0 amide bonds. The van der Waals surface area contributed by atoms with Gasteiger partial charge in [0.1, 0.15) is 0 Å². The van der Waals surface area contributed by atoms with Gasteiger partial charge in [-0.3, -0.25) is 0 Å². The smallest absolute Gasteiger partial charge is 0.0454 e. The van der Waals surface area contributed by atoms with Crippen LogP contribution >= 0.6 is 0 Å². The summed E-state index contributed by atoms with van der Waals surface area (Å²) in [6.07, 6.45) is 2.00. The number of fused-ring (bicyclic) bond motifs is 1. The molecule has 0 atom stereocenters. The molecule has 1 aliphatic rings. The van der Waals surface area contributed by atoms with Gasteiger partial charge in [-0.25, -0.2) is 0 Å². The molecule has 1 fully saturated rings. The summed E-state index contributed by atoms with van der Waals surface area (Å²) in [4.78, 5) is 3.23. The van der Waals surface area contributed by atoms with Crippen LogP contribution in [0.5, 0.6) is 0 Å². The highest BCUT2D eigenvalue weighted by Crippen LogP contribution is 2.62. The van der Waals surface area contributed by atoms with E-state index < -0.39 is 0 Å². The van der Waals surface area contributed by atoms with Gasteiger partial charge in [0, 0.05) is 24.3 Å². The van der Waals surface area contributed by atoms with Crippen LogP contribution in [0.15, 0.2) is 30.5 Å². The number of benzene rings is 1. The van der Waals surface area contributed by atoms with Crippen LogP contribution in [0.3, 0.4) is 0 Å². The highest BCUT2D eigenvalue weighted by molar-refractivity contribution is 5.79. The first-order valence-corrected chi connectivity index (χ1v) is 6.72. The predicted octanol–water partition coefficient (Wildman–Crippen LogP) is 3.69. The van der Waals surface area contributed by atoms with Crippen molar-refractivity contribution >= 4 is 10.9 Å². The van der Waals surface area contributed by atoms with E-state index in [1.807, 2.05) is 6.20 Å². The second-order valence-electron chi connectivity index (χ2n) is 6.66. The minimum absolute atomic E-state index is 0.408. The zero-order valence-corrected chi connectivity index (χ0v) is 11.7. The Kier molecular flexibility index (Phi) is 2.36. The molecule has 2 nitrogen and oxygen atoms in total. The number of rotatable bonds is 3. The maximum absolute atomic E-state index is 3.70. The van der Waals surface area contributed by atoms with Crippen molar-refractivity contribution in [2.75, 3.05) is 0 Å². The minimum Gasteiger partial charge on any atom is -0.361 e. The first kappa shape index (κ1) is 11.8. The first-order valence-electron chi connectivity index (χ1n) is 6.72. The zero-order valence-electron chi connectivity index (χ0n) is 11.7. The van der Waals surface area contributed by atoms with Crippen LogP contribution in [0.4, 0.5) is 0 Å². The van der Waals surface area contributed by atoms with Crippen LogP contribution in [0, 0.1) is 10.8 Å². The van der Waals surface area contributed by atoms with Gasteiger partial charge < -0.3 is 10.3 Å². The molecule has 0 unspecified atom stereocenters. The third-order valence-corrected chi connectivity index (χ3v) is 5.15. The van der Waals surface area contributed by atoms with Crippen molar-refractivity contribution in [2.24, 2.45) is 10.8 Å². The van der Waals surface area contributed by atoms with Crippen molar-refractivity contribution in [1.29, 1.82) is 0 Å². The molecular weight excluding hydrogens is 220 g/mol. The van der Waals surface area contributed by atoms with E-state index in [9.17, 15) is 0 Å². The Hall–Kier alpha value is -1.28. The molecule has 18 heavy (non-hydrogen) atoms. The fourth-order valence-electron chi connectivity index (χ4n) is 3.14. The summed E-state index contributed by atoms with van der Waals surface area (Å²) in [7, 11) is 0. The monoisotopic (exact) mass is 242 g/mol. The molecule has 2 N–H and O–H groups in total. The summed E-state index contributed by atoms with van der Waals surface area (Å²) < 4.78 is 0. The van der Waals surface area contributed by atoms with E-state index in [4.69, 9.17) is 0 Å². The fraction of sp³-hybridized carbons (Fsp3) is 0.500. The molecule has 0 bridgehead atoms. The van der Waals surface area contributed by atoms with Gasteiger partial charge in [0.25, 0.3) is 0 Å². The third kappa shape index (κ3) is 1.59. The summed E-state index contributed by atoms with van der Waals surface area (Å²) in [5.74, 6) is 0. The lowest BCUT2D eigenvalue weighted by Gasteiger charge is -2.07. The molecule has 2 heteroatoms. The third-order valence-electron chi connectivity index (χ3n) is 5.15. The number of aromatic amines is 1. The largest absolute Gasteiger partial charge is 0.361 e. The Morgan fingerprint density at radius 1 is 1.11 bits per heavy atom. The highest BCUT2D eigenvalue weighted by atomic mass is 15.0. The summed E-state index contributed by atoms with van der Waals surface area (Å²) >= 11 is 0. The Morgan fingerprint density at radius 2 is 1.83 bits per heavy atom. The molecule has 1 saturated carbocycles. The van der Waals surface area contributed by atoms with E-state index in [-0.39, 0.29) is 0 Å². The molecule has 0 aliphatic heterocycles. The molecule has 1 aromatic carbocycles. The summed E-state index contributed by atoms with van der Waals surface area (Å²) in [6, 6.07) is 9.38. The SMILES string of the molecule is CC1(C)C(NCc2ccc3[nH]ccc3c2)C1(C)C. The van der Waals surface area contributed by atoms with Gasteiger partial charge in [0.15, 0.2) is 0 Å². The Morgan fingerprint density at radius 3 is 2.50 bits per heavy atom. The van der Waals surface area contributed by atoms with E-state index >= 15 is 0 Å². The Balaban J connectivity index is 1.71. The van der Waals surface area contributed by atoms with E-state index in [0.29, 0.717) is 16.9 Å². The Bertz CT molecular complexity index is 564. The van der Waals surface area contributed by atoms with E-state index in [1.165, 1.54) is 16.5 Å². The predicted molar refractivity (Wildman–Crippen MR) is 76.5 cm³/mol. The van der Waals surface area contributed by atoms with Gasteiger partial charge in [-0.1, -0.05) is 33.8 Å². The molecule has 96 valence electrons. The van der Waals surface area contributed by atoms with Gasteiger partial charge in [0.2, 0.25) is 0 Å². The number of H-pyrrole nitrogens is 1. The molecule has 1 aliphatic carbocycles. The zero-order chi connectivity index (χ0) is 13.0. The van der Waals surface area contributed by atoms with Crippen molar-refractivity contribution in [3.8, 4) is 0 Å². The molecule has 1 aromatic heterocycles. The van der Waals surface area contributed by atoms with Crippen molar-refractivity contribution < 1.29 is 0 Å². The van der Waals surface area contributed by atoms with E-state index in [1.54, 1.807) is 0 Å². The van der Waals surface area contributed by atoms with Gasteiger partial charge in [-0.05, 0) is 40.0 Å². The summed E-state index contributed by atoms with van der Waals surface area (Å²) in [6.45, 7) is 10.3. The molecule has 2 aromatic rings. The van der Waals surface area contributed by atoms with Crippen LogP contribution in [0.1, 0.15) is 33.3 Å². The fourth-order valence-corrected chi connectivity index (χ4v) is 3.14. The number of hydrogen-bond donors (Lipinski definition) is 2. The van der Waals surface area contributed by atoms with E-state index in [2.05, 4.69) is 62.3 Å². The topological polar surface area (TPSA) is 27.8 Å². The highest BCUT2D eigenvalue weighted by Gasteiger charge is 2.64. The lowest BCUT2D eigenvalue weighted by Crippen LogP contribution is -2.21. The lowest BCUT2D eigenvalue weighted by molar-refractivity contribution is 0.457. The van der Waals surface area contributed by atoms with Crippen LogP contribution in [-0.2, 0) is 6.54 Å². The normalized spacial score (nSPS) is 21.3. The Labute approximate surface area is 109 Å². The van der Waals surface area contributed by atoms with Crippen LogP contribution in [-0.4, -0.2) is 11.0 Å². The quantitative estimate of drug-likeness (QED) is 0.844. The summed E-state index contributed by atoms with van der Waals surface area (Å²) in [5, 5.41) is 5.00. The van der Waals surface area contributed by atoms with E-state index in [0.717, 1.165) is 6.54 Å². The van der Waals surface area contributed by atoms with Crippen LogP contribution in [0.25, 0.3) is 10.9 Å². The van der Waals surface area contributed by atoms with Gasteiger partial charge in [0.05, 0.1) is 0 Å². The average molecular weight is 242 g/mol. The van der Waals surface area contributed by atoms with Gasteiger partial charge in [-0.2, -0.15) is 0 Å². The second kappa shape index (κ2) is 3.61. The summed E-state index contributed by atoms with van der Waals surface area (Å²) in [5.41, 5.74) is 3.39. The van der Waals surface area contributed by atoms with Crippen molar-refractivity contribution in [1.82, 2.24) is 10.3 Å². The maximum atomic E-state index is 3.70. The molecule has 1 heterocycles. The van der Waals surface area contributed by atoms with Gasteiger partial charge in [-0.15, -0.1) is 0 Å². The molecule has 3 rings (SSSR count). The number of aromatic nitrogens is 1. The molecule has 0 spiro atoms. The average Bonchev–Trinajstić information content (AvgIpc) is 2.70. The van der Waals surface area contributed by atoms with Crippen LogP contribution < -0.4 is 5.32 Å². The lowest BCUT2D eigenvalue weighted by atomic mass is 10.0.